The fourth-order valence-electron chi connectivity index (χ4n) is 2.16. The van der Waals surface area contributed by atoms with Gasteiger partial charge in [0.1, 0.15) is 6.04 Å². The minimum absolute atomic E-state index is 0.0553. The summed E-state index contributed by atoms with van der Waals surface area (Å²) in [5.41, 5.74) is 0. The van der Waals surface area contributed by atoms with Gasteiger partial charge in [-0.15, -0.1) is 0 Å². The Hall–Kier alpha value is -1.89. The van der Waals surface area contributed by atoms with Crippen LogP contribution in [0.1, 0.15) is 13.8 Å². The lowest BCUT2D eigenvalue weighted by Gasteiger charge is -2.32. The number of nitrogens with zero attached hydrogens (tertiary/aromatic N) is 3. The van der Waals surface area contributed by atoms with E-state index < -0.39 is 0 Å². The van der Waals surface area contributed by atoms with Gasteiger partial charge in [0, 0.05) is 25.4 Å². The lowest BCUT2D eigenvalue weighted by Crippen LogP contribution is -2.50. The Morgan fingerprint density at radius 3 is 2.76 bits per heavy atom. The number of morpholine rings is 1. The first-order chi connectivity index (χ1) is 10.1. The average Bonchev–Trinajstić information content (AvgIpc) is 2.52. The number of rotatable bonds is 5. The van der Waals surface area contributed by atoms with Crippen LogP contribution in [0.25, 0.3) is 0 Å². The van der Waals surface area contributed by atoms with Crippen molar-refractivity contribution in [3.8, 4) is 5.88 Å². The second-order valence-electron chi connectivity index (χ2n) is 5.23. The molecule has 1 fully saturated rings. The Morgan fingerprint density at radius 2 is 2.14 bits per heavy atom. The quantitative estimate of drug-likeness (QED) is 0.865. The van der Waals surface area contributed by atoms with Gasteiger partial charge in [0.15, 0.2) is 0 Å². The maximum Gasteiger partial charge on any atom is 0.245 e. The molecule has 1 aromatic heterocycles. The van der Waals surface area contributed by atoms with E-state index in [-0.39, 0.29) is 17.9 Å². The fourth-order valence-corrected chi connectivity index (χ4v) is 2.16. The van der Waals surface area contributed by atoms with Crippen LogP contribution in [0.15, 0.2) is 12.3 Å². The third-order valence-corrected chi connectivity index (χ3v) is 3.38. The van der Waals surface area contributed by atoms with Crippen LogP contribution in [0.3, 0.4) is 0 Å². The molecular formula is C14H22N4O3. The largest absolute Gasteiger partial charge is 0.481 e. The van der Waals surface area contributed by atoms with Crippen molar-refractivity contribution in [3.05, 3.63) is 12.3 Å². The molecule has 1 atom stereocenters. The predicted molar refractivity (Wildman–Crippen MR) is 78.2 cm³/mol. The summed E-state index contributed by atoms with van der Waals surface area (Å²) in [5, 5.41) is 3.12. The van der Waals surface area contributed by atoms with Crippen LogP contribution in [0.2, 0.25) is 0 Å². The number of methoxy groups -OCH3 is 1. The van der Waals surface area contributed by atoms with Crippen molar-refractivity contribution in [3.63, 3.8) is 0 Å². The molecule has 7 nitrogen and oxygen atoms in total. The molecule has 2 rings (SSSR count). The van der Waals surface area contributed by atoms with E-state index in [4.69, 9.17) is 9.47 Å². The first-order valence-electron chi connectivity index (χ1n) is 7.12. The molecule has 0 spiro atoms. The van der Waals surface area contributed by atoms with E-state index in [1.54, 1.807) is 19.4 Å². The number of carbonyl (C=O) groups is 1. The van der Waals surface area contributed by atoms with Crippen molar-refractivity contribution in [1.29, 1.82) is 0 Å². The van der Waals surface area contributed by atoms with Gasteiger partial charge >= 0.3 is 0 Å². The van der Waals surface area contributed by atoms with E-state index >= 15 is 0 Å². The molecule has 2 heterocycles. The minimum Gasteiger partial charge on any atom is -0.481 e. The van der Waals surface area contributed by atoms with Gasteiger partial charge in [-0.2, -0.15) is 4.98 Å². The summed E-state index contributed by atoms with van der Waals surface area (Å²) < 4.78 is 10.4. The fraction of sp³-hybridized carbons (Fsp3) is 0.643. The second kappa shape index (κ2) is 7.21. The highest BCUT2D eigenvalue weighted by Gasteiger charge is 2.28. The zero-order valence-electron chi connectivity index (χ0n) is 12.7. The number of aromatic nitrogens is 2. The van der Waals surface area contributed by atoms with Gasteiger partial charge < -0.3 is 19.7 Å². The Labute approximate surface area is 124 Å². The second-order valence-corrected chi connectivity index (χ2v) is 5.23. The molecule has 0 aromatic carbocycles. The monoisotopic (exact) mass is 294 g/mol. The van der Waals surface area contributed by atoms with E-state index in [0.29, 0.717) is 38.1 Å². The van der Waals surface area contributed by atoms with Crippen LogP contribution < -0.4 is 10.1 Å². The molecule has 116 valence electrons. The van der Waals surface area contributed by atoms with Crippen LogP contribution >= 0.6 is 0 Å². The van der Waals surface area contributed by atoms with Gasteiger partial charge in [0.25, 0.3) is 0 Å². The Bertz CT molecular complexity index is 475. The molecule has 1 aliphatic rings. The number of amides is 1. The highest BCUT2D eigenvalue weighted by Crippen LogP contribution is 2.14. The van der Waals surface area contributed by atoms with Crippen LogP contribution in [-0.4, -0.2) is 60.2 Å². The first kappa shape index (κ1) is 15.5. The number of hydrogen-bond donors (Lipinski definition) is 1. The zero-order valence-corrected chi connectivity index (χ0v) is 12.7. The number of anilines is 1. The third kappa shape index (κ3) is 4.04. The molecule has 1 N–H and O–H groups in total. The van der Waals surface area contributed by atoms with Crippen LogP contribution in [0.4, 0.5) is 5.95 Å². The van der Waals surface area contributed by atoms with Gasteiger partial charge in [-0.05, 0) is 5.92 Å². The van der Waals surface area contributed by atoms with Crippen molar-refractivity contribution >= 4 is 11.9 Å². The van der Waals surface area contributed by atoms with E-state index in [1.165, 1.54) is 0 Å². The summed E-state index contributed by atoms with van der Waals surface area (Å²) in [6.45, 7) is 6.43. The van der Waals surface area contributed by atoms with Gasteiger partial charge in [-0.25, -0.2) is 4.98 Å². The highest BCUT2D eigenvalue weighted by atomic mass is 16.5. The standard InChI is InChI=1S/C14H22N4O3/c1-10(2)12(13(19)18-6-8-21-9-7-18)17-14-15-5-4-11(16-14)20-3/h4-5,10,12H,6-9H2,1-3H3,(H,15,16,17). The summed E-state index contributed by atoms with van der Waals surface area (Å²) in [5.74, 6) is 1.04. The van der Waals surface area contributed by atoms with E-state index in [0.717, 1.165) is 0 Å². The SMILES string of the molecule is COc1ccnc(NC(C(=O)N2CCOCC2)C(C)C)n1. The number of hydrogen-bond acceptors (Lipinski definition) is 6. The normalized spacial score (nSPS) is 16.7. The molecule has 1 amide bonds. The average molecular weight is 294 g/mol. The van der Waals surface area contributed by atoms with Gasteiger partial charge in [-0.1, -0.05) is 13.8 Å². The molecule has 0 bridgehead atoms. The number of carbonyl (C=O) groups excluding carboxylic acids is 1. The molecule has 1 unspecified atom stereocenters. The molecule has 7 heteroatoms. The minimum atomic E-state index is -0.366. The lowest BCUT2D eigenvalue weighted by atomic mass is 10.0. The van der Waals surface area contributed by atoms with Gasteiger partial charge in [0.2, 0.25) is 17.7 Å². The van der Waals surface area contributed by atoms with Crippen molar-refractivity contribution in [2.75, 3.05) is 38.7 Å². The van der Waals surface area contributed by atoms with Crippen molar-refractivity contribution in [1.82, 2.24) is 14.9 Å². The molecule has 0 radical (unpaired) electrons. The van der Waals surface area contributed by atoms with Crippen LogP contribution in [0, 0.1) is 5.92 Å². The van der Waals surface area contributed by atoms with E-state index in [9.17, 15) is 4.79 Å². The van der Waals surface area contributed by atoms with E-state index in [1.807, 2.05) is 18.7 Å². The topological polar surface area (TPSA) is 76.6 Å². The van der Waals surface area contributed by atoms with Crippen LogP contribution in [-0.2, 0) is 9.53 Å². The predicted octanol–water partition coefficient (Wildman–Crippen LogP) is 0.780. The van der Waals surface area contributed by atoms with Gasteiger partial charge in [0.05, 0.1) is 20.3 Å². The smallest absolute Gasteiger partial charge is 0.245 e. The maximum atomic E-state index is 12.6. The molecule has 21 heavy (non-hydrogen) atoms. The summed E-state index contributed by atoms with van der Waals surface area (Å²) in [7, 11) is 1.55. The molecule has 1 saturated heterocycles. The van der Waals surface area contributed by atoms with Crippen molar-refractivity contribution < 1.29 is 14.3 Å². The number of ether oxygens (including phenoxy) is 2. The van der Waals surface area contributed by atoms with E-state index in [2.05, 4.69) is 15.3 Å². The molecule has 1 aliphatic heterocycles. The molecule has 0 aliphatic carbocycles. The molecule has 1 aromatic rings. The number of nitrogens with one attached hydrogen (secondary N) is 1. The molecule has 0 saturated carbocycles. The first-order valence-corrected chi connectivity index (χ1v) is 7.12. The summed E-state index contributed by atoms with van der Waals surface area (Å²) >= 11 is 0. The summed E-state index contributed by atoms with van der Waals surface area (Å²) in [6, 6.07) is 1.30. The Kier molecular flexibility index (Phi) is 5.32. The summed E-state index contributed by atoms with van der Waals surface area (Å²) in [4.78, 5) is 22.8. The zero-order chi connectivity index (χ0) is 15.2. The van der Waals surface area contributed by atoms with Crippen molar-refractivity contribution in [2.24, 2.45) is 5.92 Å². The van der Waals surface area contributed by atoms with Gasteiger partial charge in [-0.3, -0.25) is 4.79 Å². The third-order valence-electron chi connectivity index (χ3n) is 3.38. The maximum absolute atomic E-state index is 12.6. The Morgan fingerprint density at radius 1 is 1.43 bits per heavy atom. The lowest BCUT2D eigenvalue weighted by molar-refractivity contribution is -0.137. The summed E-state index contributed by atoms with van der Waals surface area (Å²) in [6.07, 6.45) is 1.60. The molecular weight excluding hydrogens is 272 g/mol. The van der Waals surface area contributed by atoms with Crippen molar-refractivity contribution in [2.45, 2.75) is 19.9 Å². The van der Waals surface area contributed by atoms with Crippen LogP contribution in [0.5, 0.6) is 5.88 Å². The highest BCUT2D eigenvalue weighted by molar-refractivity contribution is 5.84. The Balaban J connectivity index is 2.09.